The van der Waals surface area contributed by atoms with Gasteiger partial charge in [0, 0.05) is 33.2 Å². The van der Waals surface area contributed by atoms with Crippen molar-refractivity contribution in [1.82, 2.24) is 15.1 Å². The van der Waals surface area contributed by atoms with Crippen molar-refractivity contribution < 1.29 is 14.0 Å². The standard InChI is InChI=1S/C13H19N3O3/c1-10-11(3-8-19-10)13(18)15(2)9-12(17)16-6-4-14-5-7-16/h3,8,14H,4-7,9H2,1-2H3. The highest BCUT2D eigenvalue weighted by Gasteiger charge is 2.22. The molecule has 1 saturated heterocycles. The van der Waals surface area contributed by atoms with Crippen LogP contribution in [0.15, 0.2) is 16.7 Å². The zero-order chi connectivity index (χ0) is 13.8. The van der Waals surface area contributed by atoms with E-state index < -0.39 is 0 Å². The minimum Gasteiger partial charge on any atom is -0.469 e. The topological polar surface area (TPSA) is 65.8 Å². The van der Waals surface area contributed by atoms with Crippen LogP contribution in [0.3, 0.4) is 0 Å². The molecule has 1 aliphatic rings. The van der Waals surface area contributed by atoms with Gasteiger partial charge < -0.3 is 19.5 Å². The second-order valence-electron chi connectivity index (χ2n) is 4.68. The fourth-order valence-corrected chi connectivity index (χ4v) is 2.10. The fourth-order valence-electron chi connectivity index (χ4n) is 2.10. The van der Waals surface area contributed by atoms with Crippen molar-refractivity contribution in [1.29, 1.82) is 0 Å². The molecule has 2 rings (SSSR count). The number of hydrogen-bond donors (Lipinski definition) is 1. The summed E-state index contributed by atoms with van der Waals surface area (Å²) in [5.41, 5.74) is 0.510. The molecular weight excluding hydrogens is 246 g/mol. The van der Waals surface area contributed by atoms with Gasteiger partial charge in [-0.15, -0.1) is 0 Å². The van der Waals surface area contributed by atoms with Gasteiger partial charge in [0.05, 0.1) is 18.4 Å². The Hall–Kier alpha value is -1.82. The lowest BCUT2D eigenvalue weighted by Crippen LogP contribution is -2.49. The SMILES string of the molecule is Cc1occc1C(=O)N(C)CC(=O)N1CCNCC1. The van der Waals surface area contributed by atoms with Crippen LogP contribution < -0.4 is 5.32 Å². The lowest BCUT2D eigenvalue weighted by Gasteiger charge is -2.29. The van der Waals surface area contributed by atoms with Crippen LogP contribution in [0.2, 0.25) is 0 Å². The van der Waals surface area contributed by atoms with Crippen molar-refractivity contribution in [2.75, 3.05) is 39.8 Å². The first kappa shape index (κ1) is 13.6. The maximum Gasteiger partial charge on any atom is 0.257 e. The summed E-state index contributed by atoms with van der Waals surface area (Å²) in [4.78, 5) is 27.4. The van der Waals surface area contributed by atoms with Crippen molar-refractivity contribution in [3.63, 3.8) is 0 Å². The van der Waals surface area contributed by atoms with Gasteiger partial charge in [-0.1, -0.05) is 0 Å². The molecule has 0 unspecified atom stereocenters. The molecule has 1 fully saturated rings. The molecule has 6 heteroatoms. The van der Waals surface area contributed by atoms with Gasteiger partial charge in [-0.05, 0) is 13.0 Å². The van der Waals surface area contributed by atoms with Crippen molar-refractivity contribution in [3.8, 4) is 0 Å². The molecule has 0 atom stereocenters. The summed E-state index contributed by atoms with van der Waals surface area (Å²) in [7, 11) is 1.63. The number of rotatable bonds is 3. The van der Waals surface area contributed by atoms with Crippen molar-refractivity contribution in [2.45, 2.75) is 6.92 Å². The third-order valence-corrected chi connectivity index (χ3v) is 3.28. The summed E-state index contributed by atoms with van der Waals surface area (Å²) in [5.74, 6) is 0.375. The Morgan fingerprint density at radius 1 is 1.42 bits per heavy atom. The highest BCUT2D eigenvalue weighted by molar-refractivity contribution is 5.97. The van der Waals surface area contributed by atoms with Gasteiger partial charge in [-0.25, -0.2) is 0 Å². The number of furan rings is 1. The Bertz CT molecular complexity index is 463. The zero-order valence-corrected chi connectivity index (χ0v) is 11.3. The monoisotopic (exact) mass is 265 g/mol. The Kier molecular flexibility index (Phi) is 4.21. The number of nitrogens with one attached hydrogen (secondary N) is 1. The Labute approximate surface area is 112 Å². The van der Waals surface area contributed by atoms with E-state index in [1.807, 2.05) is 0 Å². The van der Waals surface area contributed by atoms with E-state index in [1.165, 1.54) is 11.2 Å². The van der Waals surface area contributed by atoms with Gasteiger partial charge in [0.2, 0.25) is 5.91 Å². The van der Waals surface area contributed by atoms with Crippen molar-refractivity contribution in [2.24, 2.45) is 0 Å². The summed E-state index contributed by atoms with van der Waals surface area (Å²) in [5, 5.41) is 3.19. The average molecular weight is 265 g/mol. The molecule has 0 aromatic carbocycles. The summed E-state index contributed by atoms with van der Waals surface area (Å²) in [6, 6.07) is 1.63. The molecule has 104 valence electrons. The fraction of sp³-hybridized carbons (Fsp3) is 0.538. The molecule has 0 spiro atoms. The van der Waals surface area contributed by atoms with E-state index in [9.17, 15) is 9.59 Å². The van der Waals surface area contributed by atoms with Crippen LogP contribution in [0.1, 0.15) is 16.1 Å². The first-order valence-electron chi connectivity index (χ1n) is 6.37. The van der Waals surface area contributed by atoms with Gasteiger partial charge >= 0.3 is 0 Å². The Morgan fingerprint density at radius 2 is 2.11 bits per heavy atom. The van der Waals surface area contributed by atoms with Gasteiger partial charge in [0.25, 0.3) is 5.91 Å². The lowest BCUT2D eigenvalue weighted by molar-refractivity contribution is -0.132. The molecule has 6 nitrogen and oxygen atoms in total. The molecule has 2 amide bonds. The van der Waals surface area contributed by atoms with Crippen LogP contribution in [0, 0.1) is 6.92 Å². The third kappa shape index (κ3) is 3.14. The molecule has 1 aromatic heterocycles. The number of piperazine rings is 1. The van der Waals surface area contributed by atoms with Crippen LogP contribution >= 0.6 is 0 Å². The van der Waals surface area contributed by atoms with Gasteiger partial charge in [0.1, 0.15) is 5.76 Å². The Balaban J connectivity index is 1.93. The van der Waals surface area contributed by atoms with Gasteiger partial charge in [-0.3, -0.25) is 9.59 Å². The second-order valence-corrected chi connectivity index (χ2v) is 4.68. The number of amides is 2. The number of carbonyl (C=O) groups excluding carboxylic acids is 2. The third-order valence-electron chi connectivity index (χ3n) is 3.28. The molecule has 0 radical (unpaired) electrons. The molecule has 1 N–H and O–H groups in total. The van der Waals surface area contributed by atoms with E-state index in [-0.39, 0.29) is 18.4 Å². The first-order valence-corrected chi connectivity index (χ1v) is 6.37. The summed E-state index contributed by atoms with van der Waals surface area (Å²) in [6.07, 6.45) is 1.48. The molecule has 0 saturated carbocycles. The lowest BCUT2D eigenvalue weighted by atomic mass is 10.2. The second kappa shape index (κ2) is 5.88. The van der Waals surface area contributed by atoms with E-state index >= 15 is 0 Å². The average Bonchev–Trinajstić information content (AvgIpc) is 2.85. The molecule has 19 heavy (non-hydrogen) atoms. The molecule has 0 bridgehead atoms. The normalized spacial score (nSPS) is 15.4. The maximum absolute atomic E-state index is 12.1. The largest absolute Gasteiger partial charge is 0.469 e. The number of carbonyl (C=O) groups is 2. The highest BCUT2D eigenvalue weighted by atomic mass is 16.3. The van der Waals surface area contributed by atoms with E-state index in [0.717, 1.165) is 13.1 Å². The number of aryl methyl sites for hydroxylation is 1. The minimum atomic E-state index is -0.185. The maximum atomic E-state index is 12.1. The number of hydrogen-bond acceptors (Lipinski definition) is 4. The minimum absolute atomic E-state index is 0.0153. The van der Waals surface area contributed by atoms with Gasteiger partial charge in [0.15, 0.2) is 0 Å². The molecule has 1 aliphatic heterocycles. The quantitative estimate of drug-likeness (QED) is 0.841. The van der Waals surface area contributed by atoms with Crippen LogP contribution in [0.25, 0.3) is 0 Å². The Morgan fingerprint density at radius 3 is 2.68 bits per heavy atom. The highest BCUT2D eigenvalue weighted by Crippen LogP contribution is 2.11. The van der Waals surface area contributed by atoms with E-state index in [1.54, 1.807) is 24.9 Å². The predicted molar refractivity (Wildman–Crippen MR) is 69.9 cm³/mol. The van der Waals surface area contributed by atoms with Crippen LogP contribution in [-0.2, 0) is 4.79 Å². The van der Waals surface area contributed by atoms with E-state index in [4.69, 9.17) is 4.42 Å². The van der Waals surface area contributed by atoms with Crippen LogP contribution in [0.5, 0.6) is 0 Å². The van der Waals surface area contributed by atoms with E-state index in [2.05, 4.69) is 5.32 Å². The first-order chi connectivity index (χ1) is 9.09. The number of likely N-dealkylation sites (N-methyl/N-ethyl adjacent to an activating group) is 1. The predicted octanol–water partition coefficient (Wildman–Crippen LogP) is 0.0918. The molecule has 2 heterocycles. The van der Waals surface area contributed by atoms with Gasteiger partial charge in [-0.2, -0.15) is 0 Å². The number of nitrogens with zero attached hydrogens (tertiary/aromatic N) is 2. The zero-order valence-electron chi connectivity index (χ0n) is 11.3. The van der Waals surface area contributed by atoms with E-state index in [0.29, 0.717) is 24.4 Å². The molecular formula is C13H19N3O3. The summed E-state index contributed by atoms with van der Waals surface area (Å²) >= 11 is 0. The molecule has 1 aromatic rings. The molecule has 0 aliphatic carbocycles. The van der Waals surface area contributed by atoms with Crippen molar-refractivity contribution >= 4 is 11.8 Å². The van der Waals surface area contributed by atoms with Crippen LogP contribution in [-0.4, -0.2) is 61.4 Å². The summed E-state index contributed by atoms with van der Waals surface area (Å²) < 4.78 is 5.11. The smallest absolute Gasteiger partial charge is 0.257 e. The van der Waals surface area contributed by atoms with Crippen LogP contribution in [0.4, 0.5) is 0 Å². The summed E-state index contributed by atoms with van der Waals surface area (Å²) in [6.45, 7) is 4.86. The van der Waals surface area contributed by atoms with Crippen molar-refractivity contribution in [3.05, 3.63) is 23.7 Å².